The second-order valence-corrected chi connectivity index (χ2v) is 10.7. The van der Waals surface area contributed by atoms with Crippen molar-refractivity contribution in [1.29, 1.82) is 0 Å². The van der Waals surface area contributed by atoms with E-state index in [0.717, 1.165) is 6.42 Å². The summed E-state index contributed by atoms with van der Waals surface area (Å²) in [6, 6.07) is 16.3. The zero-order valence-electron chi connectivity index (χ0n) is 17.5. The number of nitrogens with one attached hydrogen (secondary N) is 2. The normalized spacial score (nSPS) is 28.4. The smallest absolute Gasteiger partial charge is 0.251 e. The van der Waals surface area contributed by atoms with Gasteiger partial charge in [-0.25, -0.2) is 8.42 Å². The van der Waals surface area contributed by atoms with Gasteiger partial charge < -0.3 is 10.6 Å². The highest BCUT2D eigenvalue weighted by Crippen LogP contribution is 2.47. The summed E-state index contributed by atoms with van der Waals surface area (Å²) in [5.41, 5.74) is 1.66. The van der Waals surface area contributed by atoms with Crippen molar-refractivity contribution in [3.63, 3.8) is 0 Å². The van der Waals surface area contributed by atoms with Gasteiger partial charge >= 0.3 is 0 Å². The minimum atomic E-state index is -3.63. The van der Waals surface area contributed by atoms with Crippen LogP contribution in [0.4, 0.5) is 0 Å². The van der Waals surface area contributed by atoms with E-state index in [9.17, 15) is 18.0 Å². The van der Waals surface area contributed by atoms with Crippen molar-refractivity contribution in [3.05, 3.63) is 78.4 Å². The lowest BCUT2D eigenvalue weighted by atomic mass is 10.1. The molecule has 2 saturated carbocycles. The van der Waals surface area contributed by atoms with E-state index in [1.807, 2.05) is 18.2 Å². The molecule has 0 spiro atoms. The first-order chi connectivity index (χ1) is 15.4. The largest absolute Gasteiger partial charge is 0.349 e. The Kier molecular flexibility index (Phi) is 5.14. The van der Waals surface area contributed by atoms with E-state index in [2.05, 4.69) is 29.3 Å². The van der Waals surface area contributed by atoms with E-state index in [1.54, 1.807) is 12.1 Å². The van der Waals surface area contributed by atoms with Crippen LogP contribution in [0.15, 0.2) is 72.1 Å². The number of hydrogen-bond acceptors (Lipinski definition) is 4. The van der Waals surface area contributed by atoms with Gasteiger partial charge in [0.1, 0.15) is 0 Å². The molecule has 2 aromatic carbocycles. The lowest BCUT2D eigenvalue weighted by Gasteiger charge is -2.20. The van der Waals surface area contributed by atoms with E-state index in [4.69, 9.17) is 0 Å². The third kappa shape index (κ3) is 3.84. The molecule has 3 unspecified atom stereocenters. The predicted molar refractivity (Wildman–Crippen MR) is 119 cm³/mol. The highest BCUT2D eigenvalue weighted by molar-refractivity contribution is 7.89. The maximum absolute atomic E-state index is 13.0. The average molecular weight is 452 g/mol. The van der Waals surface area contributed by atoms with Crippen molar-refractivity contribution in [2.45, 2.75) is 29.3 Å². The van der Waals surface area contributed by atoms with Gasteiger partial charge in [0.15, 0.2) is 0 Å². The Morgan fingerprint density at radius 3 is 2.25 bits per heavy atom. The van der Waals surface area contributed by atoms with E-state index in [0.29, 0.717) is 24.6 Å². The van der Waals surface area contributed by atoms with Crippen LogP contribution in [0.3, 0.4) is 0 Å². The van der Waals surface area contributed by atoms with Gasteiger partial charge in [-0.05, 0) is 54.2 Å². The molecule has 0 aromatic heterocycles. The maximum atomic E-state index is 13.0. The predicted octanol–water partition coefficient (Wildman–Crippen LogP) is 1.89. The van der Waals surface area contributed by atoms with Crippen LogP contribution in [0.2, 0.25) is 0 Å². The molecule has 7 nitrogen and oxygen atoms in total. The number of sulfonamides is 1. The fourth-order valence-corrected chi connectivity index (χ4v) is 6.24. The second-order valence-electron chi connectivity index (χ2n) is 8.75. The number of benzene rings is 2. The molecule has 4 atom stereocenters. The fraction of sp³-hybridized carbons (Fsp3) is 0.333. The Morgan fingerprint density at radius 2 is 1.62 bits per heavy atom. The molecule has 166 valence electrons. The summed E-state index contributed by atoms with van der Waals surface area (Å²) in [6.45, 7) is 4.22. The average Bonchev–Trinajstić information content (AvgIpc) is 3.66. The molecule has 5 rings (SSSR count). The van der Waals surface area contributed by atoms with Gasteiger partial charge in [0.2, 0.25) is 15.9 Å². The quantitative estimate of drug-likeness (QED) is 0.629. The van der Waals surface area contributed by atoms with Crippen molar-refractivity contribution in [2.24, 2.45) is 11.8 Å². The Hall–Kier alpha value is -2.97. The van der Waals surface area contributed by atoms with Gasteiger partial charge in [0, 0.05) is 36.7 Å². The van der Waals surface area contributed by atoms with Gasteiger partial charge in [-0.1, -0.05) is 36.9 Å². The molecule has 0 radical (unpaired) electrons. The molecule has 2 aromatic rings. The molecular formula is C24H25N3O4S. The third-order valence-electron chi connectivity index (χ3n) is 6.74. The number of piperidine rings is 1. The van der Waals surface area contributed by atoms with Gasteiger partial charge in [-0.3, -0.25) is 9.59 Å². The molecule has 3 aliphatic rings. The third-order valence-corrected chi connectivity index (χ3v) is 8.59. The summed E-state index contributed by atoms with van der Waals surface area (Å²) in [5.74, 6) is 0.209. The lowest BCUT2D eigenvalue weighted by molar-refractivity contribution is -0.116. The Labute approximate surface area is 187 Å². The second kappa shape index (κ2) is 7.86. The molecule has 8 heteroatoms. The number of nitrogens with zero attached hydrogens (tertiary/aromatic N) is 1. The first-order valence-corrected chi connectivity index (χ1v) is 12.2. The number of fused-ring (bicyclic) bond motifs is 1. The maximum Gasteiger partial charge on any atom is 0.251 e. The zero-order chi connectivity index (χ0) is 22.5. The Morgan fingerprint density at radius 1 is 0.969 bits per heavy atom. The van der Waals surface area contributed by atoms with Gasteiger partial charge in [-0.15, -0.1) is 0 Å². The highest BCUT2D eigenvalue weighted by atomic mass is 32.2. The summed E-state index contributed by atoms with van der Waals surface area (Å²) < 4.78 is 27.4. The van der Waals surface area contributed by atoms with Crippen molar-refractivity contribution in [2.75, 3.05) is 13.1 Å². The number of rotatable bonds is 7. The molecule has 1 heterocycles. The number of carbonyl (C=O) groups excluding carboxylic acids is 2. The van der Waals surface area contributed by atoms with Crippen LogP contribution in [-0.2, 0) is 14.8 Å². The molecule has 2 N–H and O–H groups in total. The standard InChI is InChI=1S/C24H25N3O4S/c1-2-22(28)26-23-19-13-27(14-20(19)23)32(30,31)17-10-8-16(9-11-17)24(29)25-21-12-18(21)15-6-4-3-5-7-15/h2-11,18-21,23H,1,12-14H2,(H,25,29)(H,26,28)/t18?,19?,20?,21-,23?/m1/s1. The van der Waals surface area contributed by atoms with Crippen LogP contribution >= 0.6 is 0 Å². The van der Waals surface area contributed by atoms with Gasteiger partial charge in [-0.2, -0.15) is 4.31 Å². The van der Waals surface area contributed by atoms with Crippen molar-refractivity contribution >= 4 is 21.8 Å². The van der Waals surface area contributed by atoms with Crippen molar-refractivity contribution < 1.29 is 18.0 Å². The fourth-order valence-electron chi connectivity index (χ4n) is 4.72. The SMILES string of the molecule is C=CC(=O)NC1C2CN(S(=O)(=O)c3ccc(C(=O)N[C@@H]4CC4c4ccccc4)cc3)CC21. The summed E-state index contributed by atoms with van der Waals surface area (Å²) in [5, 5.41) is 5.88. The van der Waals surface area contributed by atoms with Crippen LogP contribution in [0, 0.1) is 11.8 Å². The van der Waals surface area contributed by atoms with E-state index in [1.165, 1.54) is 28.1 Å². The number of amides is 2. The molecular weight excluding hydrogens is 426 g/mol. The number of carbonyl (C=O) groups is 2. The minimum absolute atomic E-state index is 0.0279. The van der Waals surface area contributed by atoms with Crippen LogP contribution < -0.4 is 10.6 Å². The van der Waals surface area contributed by atoms with Crippen molar-refractivity contribution in [1.82, 2.24) is 14.9 Å². The molecule has 1 saturated heterocycles. The summed E-state index contributed by atoms with van der Waals surface area (Å²) >= 11 is 0. The molecule has 1 aliphatic heterocycles. The van der Waals surface area contributed by atoms with Crippen LogP contribution in [-0.4, -0.2) is 49.7 Å². The Balaban J connectivity index is 1.17. The molecule has 2 aliphatic carbocycles. The van der Waals surface area contributed by atoms with Crippen molar-refractivity contribution in [3.8, 4) is 0 Å². The van der Waals surface area contributed by atoms with Gasteiger partial charge in [0.25, 0.3) is 5.91 Å². The highest BCUT2D eigenvalue weighted by Gasteiger charge is 2.58. The van der Waals surface area contributed by atoms with Gasteiger partial charge in [0.05, 0.1) is 4.90 Å². The summed E-state index contributed by atoms with van der Waals surface area (Å²) in [7, 11) is -3.63. The first kappa shape index (κ1) is 20.9. The molecule has 2 amide bonds. The molecule has 32 heavy (non-hydrogen) atoms. The zero-order valence-corrected chi connectivity index (χ0v) is 18.3. The lowest BCUT2D eigenvalue weighted by Crippen LogP contribution is -2.37. The Bertz CT molecular complexity index is 1150. The summed E-state index contributed by atoms with van der Waals surface area (Å²) in [4.78, 5) is 24.2. The van der Waals surface area contributed by atoms with Crippen LogP contribution in [0.5, 0.6) is 0 Å². The summed E-state index contributed by atoms with van der Waals surface area (Å²) in [6.07, 6.45) is 2.14. The first-order valence-electron chi connectivity index (χ1n) is 10.8. The molecule has 0 bridgehead atoms. The minimum Gasteiger partial charge on any atom is -0.349 e. The van der Waals surface area contributed by atoms with Crippen LogP contribution in [0.25, 0.3) is 0 Å². The van der Waals surface area contributed by atoms with E-state index in [-0.39, 0.29) is 40.6 Å². The van der Waals surface area contributed by atoms with Crippen LogP contribution in [0.1, 0.15) is 28.3 Å². The monoisotopic (exact) mass is 451 g/mol. The topological polar surface area (TPSA) is 95.6 Å². The van der Waals surface area contributed by atoms with E-state index >= 15 is 0 Å². The number of hydrogen-bond donors (Lipinski definition) is 2. The van der Waals surface area contributed by atoms with E-state index < -0.39 is 10.0 Å². The molecule has 3 fully saturated rings.